The van der Waals surface area contributed by atoms with Crippen LogP contribution in [-0.4, -0.2) is 65.4 Å². The number of ether oxygens (including phenoxy) is 1. The van der Waals surface area contributed by atoms with Crippen LogP contribution >= 0.6 is 22.6 Å². The lowest BCUT2D eigenvalue weighted by Gasteiger charge is -2.43. The summed E-state index contributed by atoms with van der Waals surface area (Å²) >= 11 is 2.07. The molecule has 3 N–H and O–H groups in total. The first-order valence-corrected chi connectivity index (χ1v) is 14.1. The van der Waals surface area contributed by atoms with Gasteiger partial charge in [-0.2, -0.15) is 0 Å². The predicted molar refractivity (Wildman–Crippen MR) is 149 cm³/mol. The normalized spacial score (nSPS) is 26.1. The van der Waals surface area contributed by atoms with E-state index in [0.717, 1.165) is 28.7 Å². The molecule has 4 rings (SSSR count). The van der Waals surface area contributed by atoms with Crippen molar-refractivity contribution in [3.05, 3.63) is 38.0 Å². The van der Waals surface area contributed by atoms with Crippen LogP contribution in [0.25, 0.3) is 6.08 Å². The summed E-state index contributed by atoms with van der Waals surface area (Å²) in [6.07, 6.45) is 5.00. The molecular formula is C27H35BINO7. The summed E-state index contributed by atoms with van der Waals surface area (Å²) in [7, 11) is 0.491. The van der Waals surface area contributed by atoms with Gasteiger partial charge in [-0.05, 0) is 95.8 Å². The number of imide groups is 1. The maximum absolute atomic E-state index is 13.3. The highest BCUT2D eigenvalue weighted by Crippen LogP contribution is 2.50. The monoisotopic (exact) mass is 623 g/mol. The molecule has 2 saturated heterocycles. The third-order valence-electron chi connectivity index (χ3n) is 7.86. The molecule has 0 bridgehead atoms. The average molecular weight is 623 g/mol. The Morgan fingerprint density at radius 3 is 2.68 bits per heavy atom. The molecule has 0 aromatic heterocycles. The number of amides is 2. The molecule has 0 spiro atoms. The molecule has 1 aromatic rings. The number of phenols is 1. The summed E-state index contributed by atoms with van der Waals surface area (Å²) < 4.78 is 12.0. The quantitative estimate of drug-likeness (QED) is 0.166. The smallest absolute Gasteiger partial charge is 0.455 e. The van der Waals surface area contributed by atoms with E-state index in [2.05, 4.69) is 35.6 Å². The third kappa shape index (κ3) is 5.48. The molecule has 0 unspecified atom stereocenters. The van der Waals surface area contributed by atoms with E-state index in [1.807, 2.05) is 13.0 Å². The number of phenolic OH excluding ortho intramolecular Hbond substituents is 1. The number of rotatable bonds is 9. The summed E-state index contributed by atoms with van der Waals surface area (Å²) in [5, 5.41) is 31.0. The molecule has 0 radical (unpaired) electrons. The van der Waals surface area contributed by atoms with E-state index in [1.54, 1.807) is 6.07 Å². The Morgan fingerprint density at radius 2 is 2.03 bits per heavy atom. The van der Waals surface area contributed by atoms with E-state index < -0.39 is 25.1 Å². The average Bonchev–Trinajstić information content (AvgIpc) is 3.12. The van der Waals surface area contributed by atoms with Gasteiger partial charge in [0.15, 0.2) is 11.5 Å². The van der Waals surface area contributed by atoms with Crippen molar-refractivity contribution in [2.45, 2.75) is 58.4 Å². The van der Waals surface area contributed by atoms with E-state index in [-0.39, 0.29) is 36.4 Å². The number of aliphatic hydroxyl groups is 1. The second kappa shape index (κ2) is 11.9. The first-order valence-electron chi connectivity index (χ1n) is 13.0. The summed E-state index contributed by atoms with van der Waals surface area (Å²) in [5.41, 5.74) is 3.73. The zero-order chi connectivity index (χ0) is 26.9. The van der Waals surface area contributed by atoms with E-state index in [9.17, 15) is 24.8 Å². The number of halogens is 1. The van der Waals surface area contributed by atoms with Gasteiger partial charge in [0.2, 0.25) is 11.8 Å². The maximum Gasteiger partial charge on any atom is 0.455 e. The minimum atomic E-state index is -1.03. The minimum Gasteiger partial charge on any atom is -0.504 e. The van der Waals surface area contributed by atoms with Crippen LogP contribution in [0.15, 0.2) is 28.9 Å². The molecule has 8 nitrogen and oxygen atoms in total. The van der Waals surface area contributed by atoms with Crippen LogP contribution in [0.5, 0.6) is 11.5 Å². The summed E-state index contributed by atoms with van der Waals surface area (Å²) in [6, 6.07) is 3.69. The molecule has 2 aliphatic heterocycles. The van der Waals surface area contributed by atoms with Gasteiger partial charge in [0.05, 0.1) is 35.2 Å². The standard InChI is InChI=1S/C27H35BINO7/c1-4-8-30-26(33)18-12-17(14-31)23-19(24(18)27(30)34)13-28(35)37-21(23)7-6-15(5-2)9-16-10-20(29)25(32)22(11-16)36-3/h9-11,18-19,21,24,31-32,35H,4-8,12-14H2,1-3H3/b15-9+/t18-,19+,21-,24-/m1/s1. The lowest BCUT2D eigenvalue weighted by molar-refractivity contribution is -0.140. The molecule has 4 atom stereocenters. The van der Waals surface area contributed by atoms with Crippen LogP contribution in [0.2, 0.25) is 6.32 Å². The van der Waals surface area contributed by atoms with Gasteiger partial charge in [0.25, 0.3) is 0 Å². The molecule has 2 amide bonds. The van der Waals surface area contributed by atoms with Crippen LogP contribution in [0.1, 0.15) is 51.5 Å². The van der Waals surface area contributed by atoms with Crippen molar-refractivity contribution >= 4 is 47.6 Å². The van der Waals surface area contributed by atoms with Crippen molar-refractivity contribution < 1.29 is 34.2 Å². The molecule has 2 fully saturated rings. The Bertz CT molecular complexity index is 1120. The fourth-order valence-corrected chi connectivity index (χ4v) is 6.78. The Labute approximate surface area is 232 Å². The maximum atomic E-state index is 13.3. The Morgan fingerprint density at radius 1 is 1.27 bits per heavy atom. The number of carbonyl (C=O) groups is 2. The van der Waals surface area contributed by atoms with Crippen LogP contribution in [0, 0.1) is 21.3 Å². The van der Waals surface area contributed by atoms with Crippen LogP contribution < -0.4 is 4.74 Å². The molecule has 0 saturated carbocycles. The van der Waals surface area contributed by atoms with E-state index in [4.69, 9.17) is 9.39 Å². The number of allylic oxidation sites excluding steroid dienone is 1. The van der Waals surface area contributed by atoms with Gasteiger partial charge in [0.1, 0.15) is 0 Å². The lowest BCUT2D eigenvalue weighted by Crippen LogP contribution is -2.46. The van der Waals surface area contributed by atoms with E-state index in [0.29, 0.717) is 41.5 Å². The number of hydrogen-bond acceptors (Lipinski definition) is 7. The number of nitrogens with zero attached hydrogens (tertiary/aromatic N) is 1. The molecule has 1 aliphatic carbocycles. The number of hydrogen-bond donors (Lipinski definition) is 3. The van der Waals surface area contributed by atoms with Crippen LogP contribution in [0.3, 0.4) is 0 Å². The van der Waals surface area contributed by atoms with Crippen LogP contribution in [-0.2, 0) is 14.2 Å². The van der Waals surface area contributed by atoms with Crippen molar-refractivity contribution in [2.75, 3.05) is 20.3 Å². The van der Waals surface area contributed by atoms with Gasteiger partial charge in [-0.1, -0.05) is 25.5 Å². The number of methoxy groups -OCH3 is 1. The van der Waals surface area contributed by atoms with Gasteiger partial charge in [-0.15, -0.1) is 0 Å². The highest BCUT2D eigenvalue weighted by atomic mass is 127. The van der Waals surface area contributed by atoms with Crippen molar-refractivity contribution in [2.24, 2.45) is 17.8 Å². The Balaban J connectivity index is 1.59. The van der Waals surface area contributed by atoms with Gasteiger partial charge in [0, 0.05) is 6.54 Å². The Hall–Kier alpha value is -1.89. The van der Waals surface area contributed by atoms with Gasteiger partial charge in [-0.25, -0.2) is 0 Å². The lowest BCUT2D eigenvalue weighted by atomic mass is 9.58. The number of carbonyl (C=O) groups excluding carboxylic acids is 2. The fourth-order valence-electron chi connectivity index (χ4n) is 6.16. The summed E-state index contributed by atoms with van der Waals surface area (Å²) in [4.78, 5) is 27.7. The molecule has 1 aromatic carbocycles. The second-order valence-electron chi connectivity index (χ2n) is 10.1. The molecule has 10 heteroatoms. The fraction of sp³-hybridized carbons (Fsp3) is 0.556. The van der Waals surface area contributed by atoms with Gasteiger partial charge in [-0.3, -0.25) is 14.5 Å². The number of fused-ring (bicyclic) bond motifs is 3. The zero-order valence-corrected chi connectivity index (χ0v) is 23.7. The van der Waals surface area contributed by atoms with Crippen molar-refractivity contribution in [1.82, 2.24) is 4.90 Å². The third-order valence-corrected chi connectivity index (χ3v) is 8.68. The zero-order valence-electron chi connectivity index (χ0n) is 21.6. The number of benzene rings is 1. The number of aromatic hydroxyl groups is 1. The van der Waals surface area contributed by atoms with Gasteiger partial charge < -0.3 is 24.6 Å². The van der Waals surface area contributed by atoms with Gasteiger partial charge >= 0.3 is 7.12 Å². The SMILES string of the molecule is CCCN1C(=O)[C@@H]2[C@@H](CC(CO)=C3[C@@H](CC/C(=C/c4cc(I)c(O)c(OC)c4)CC)OB(O)C[C@@H]32)C1=O. The molecule has 37 heavy (non-hydrogen) atoms. The first-order chi connectivity index (χ1) is 17.7. The van der Waals surface area contributed by atoms with E-state index in [1.165, 1.54) is 12.0 Å². The Kier molecular flexibility index (Phi) is 9.03. The van der Waals surface area contributed by atoms with Crippen molar-refractivity contribution in [1.29, 1.82) is 0 Å². The number of likely N-dealkylation sites (tertiary alicyclic amines) is 1. The highest BCUT2D eigenvalue weighted by Gasteiger charge is 2.56. The predicted octanol–water partition coefficient (Wildman–Crippen LogP) is 3.78. The molecule has 3 aliphatic rings. The molecular weight excluding hydrogens is 588 g/mol. The van der Waals surface area contributed by atoms with Crippen molar-refractivity contribution in [3.8, 4) is 11.5 Å². The first kappa shape index (κ1) is 28.1. The summed E-state index contributed by atoms with van der Waals surface area (Å²) in [5.74, 6) is -1.08. The van der Waals surface area contributed by atoms with Crippen LogP contribution in [0.4, 0.5) is 0 Å². The largest absolute Gasteiger partial charge is 0.504 e. The molecule has 2 heterocycles. The van der Waals surface area contributed by atoms with E-state index >= 15 is 0 Å². The summed E-state index contributed by atoms with van der Waals surface area (Å²) in [6.45, 7) is 4.22. The number of aliphatic hydroxyl groups excluding tert-OH is 1. The minimum absolute atomic E-state index is 0.116. The highest BCUT2D eigenvalue weighted by molar-refractivity contribution is 14.1. The second-order valence-corrected chi connectivity index (χ2v) is 11.2. The van der Waals surface area contributed by atoms with Crippen molar-refractivity contribution in [3.63, 3.8) is 0 Å². The molecule has 200 valence electrons. The topological polar surface area (TPSA) is 117 Å².